The first-order valence-electron chi connectivity index (χ1n) is 5.25. The quantitative estimate of drug-likeness (QED) is 0.888. The van der Waals surface area contributed by atoms with Crippen molar-refractivity contribution in [3.63, 3.8) is 0 Å². The van der Waals surface area contributed by atoms with Gasteiger partial charge in [-0.2, -0.15) is 0 Å². The summed E-state index contributed by atoms with van der Waals surface area (Å²) in [6.45, 7) is 0.699. The zero-order valence-corrected chi connectivity index (χ0v) is 10.9. The number of carboxylic acid groups (broad SMARTS) is 1. The number of fused-ring (bicyclic) bond motifs is 1. The number of rotatable bonds is 3. The van der Waals surface area contributed by atoms with Crippen LogP contribution in [-0.2, 0) is 4.79 Å². The maximum absolute atomic E-state index is 13.9. The highest BCUT2D eigenvalue weighted by atomic mass is 79.9. The summed E-state index contributed by atoms with van der Waals surface area (Å²) >= 11 is 3.19. The molecule has 0 spiro atoms. The lowest BCUT2D eigenvalue weighted by Gasteiger charge is -2.23. The molecule has 1 aromatic carbocycles. The molecular weight excluding hydrogens is 309 g/mol. The number of carbonyl (C=O) groups is 1. The Labute approximate surface area is 111 Å². The molecule has 1 unspecified atom stereocenters. The fraction of sp³-hybridized carbons (Fsp3) is 0.364. The van der Waals surface area contributed by atoms with Crippen molar-refractivity contribution in [3.8, 4) is 11.5 Å². The van der Waals surface area contributed by atoms with Crippen molar-refractivity contribution in [1.29, 1.82) is 0 Å². The van der Waals surface area contributed by atoms with Crippen molar-refractivity contribution in [2.45, 2.75) is 12.5 Å². The molecule has 7 heteroatoms. The van der Waals surface area contributed by atoms with E-state index < -0.39 is 17.8 Å². The van der Waals surface area contributed by atoms with E-state index in [2.05, 4.69) is 15.9 Å². The third kappa shape index (κ3) is 2.41. The average Bonchev–Trinajstić information content (AvgIpc) is 2.27. The third-order valence-electron chi connectivity index (χ3n) is 2.53. The van der Waals surface area contributed by atoms with Gasteiger partial charge in [-0.05, 0) is 15.9 Å². The van der Waals surface area contributed by atoms with Gasteiger partial charge in [0.1, 0.15) is 19.0 Å². The summed E-state index contributed by atoms with van der Waals surface area (Å²) in [6.07, 6.45) is -0.366. The lowest BCUT2D eigenvalue weighted by atomic mass is 10.0. The van der Waals surface area contributed by atoms with Crippen LogP contribution in [0.3, 0.4) is 0 Å². The van der Waals surface area contributed by atoms with Crippen LogP contribution in [0.15, 0.2) is 10.5 Å². The van der Waals surface area contributed by atoms with Crippen molar-refractivity contribution in [3.05, 3.63) is 21.9 Å². The highest BCUT2D eigenvalue weighted by molar-refractivity contribution is 9.10. The van der Waals surface area contributed by atoms with E-state index in [4.69, 9.17) is 20.3 Å². The van der Waals surface area contributed by atoms with Crippen LogP contribution in [0.25, 0.3) is 0 Å². The van der Waals surface area contributed by atoms with Gasteiger partial charge < -0.3 is 20.3 Å². The van der Waals surface area contributed by atoms with Gasteiger partial charge in [0.25, 0.3) is 0 Å². The standard InChI is InChI=1S/C11H11BrFNO4/c12-10-9(6(14)4-8(15)16)5(13)3-7-11(10)18-2-1-17-7/h3,6H,1-2,4,14H2,(H,15,16). The Balaban J connectivity index is 2.44. The van der Waals surface area contributed by atoms with E-state index in [1.165, 1.54) is 0 Å². The molecule has 1 atom stereocenters. The average molecular weight is 320 g/mol. The van der Waals surface area contributed by atoms with Crippen LogP contribution in [0, 0.1) is 5.82 Å². The lowest BCUT2D eigenvalue weighted by molar-refractivity contribution is -0.137. The Kier molecular flexibility index (Phi) is 3.72. The molecule has 0 radical (unpaired) electrons. The van der Waals surface area contributed by atoms with Gasteiger partial charge in [-0.25, -0.2) is 4.39 Å². The number of hydrogen-bond donors (Lipinski definition) is 2. The largest absolute Gasteiger partial charge is 0.486 e. The number of nitrogens with two attached hydrogens (primary N) is 1. The predicted octanol–water partition coefficient (Wildman–Crippen LogP) is 1.83. The predicted molar refractivity (Wildman–Crippen MR) is 64.3 cm³/mol. The summed E-state index contributed by atoms with van der Waals surface area (Å²) in [7, 11) is 0. The Morgan fingerprint density at radius 3 is 2.89 bits per heavy atom. The van der Waals surface area contributed by atoms with Crippen LogP contribution in [0.2, 0.25) is 0 Å². The van der Waals surface area contributed by atoms with Crippen LogP contribution in [0.1, 0.15) is 18.0 Å². The Bertz CT molecular complexity index is 494. The smallest absolute Gasteiger partial charge is 0.305 e. The van der Waals surface area contributed by atoms with E-state index in [1.807, 2.05) is 0 Å². The first-order valence-corrected chi connectivity index (χ1v) is 6.05. The van der Waals surface area contributed by atoms with Gasteiger partial charge in [-0.15, -0.1) is 0 Å². The second-order valence-corrected chi connectivity index (χ2v) is 4.61. The molecule has 1 heterocycles. The maximum atomic E-state index is 13.9. The molecule has 0 amide bonds. The monoisotopic (exact) mass is 319 g/mol. The second-order valence-electron chi connectivity index (χ2n) is 3.81. The molecule has 0 saturated heterocycles. The molecule has 1 aliphatic rings. The fourth-order valence-corrected chi connectivity index (χ4v) is 2.55. The molecule has 18 heavy (non-hydrogen) atoms. The van der Waals surface area contributed by atoms with E-state index in [9.17, 15) is 9.18 Å². The molecule has 0 fully saturated rings. The second kappa shape index (κ2) is 5.11. The molecule has 3 N–H and O–H groups in total. The highest BCUT2D eigenvalue weighted by Gasteiger charge is 2.26. The number of benzene rings is 1. The van der Waals surface area contributed by atoms with Crippen LogP contribution >= 0.6 is 15.9 Å². The first kappa shape index (κ1) is 13.1. The van der Waals surface area contributed by atoms with Gasteiger partial charge in [-0.3, -0.25) is 4.79 Å². The molecule has 0 bridgehead atoms. The van der Waals surface area contributed by atoms with Crippen molar-refractivity contribution >= 4 is 21.9 Å². The number of halogens is 2. The van der Waals surface area contributed by atoms with Crippen molar-refractivity contribution in [2.75, 3.05) is 13.2 Å². The summed E-state index contributed by atoms with van der Waals surface area (Å²) in [4.78, 5) is 10.6. The van der Waals surface area contributed by atoms with Gasteiger partial charge in [-0.1, -0.05) is 0 Å². The van der Waals surface area contributed by atoms with Crippen molar-refractivity contribution < 1.29 is 23.8 Å². The Morgan fingerprint density at radius 2 is 2.22 bits per heavy atom. The van der Waals surface area contributed by atoms with Gasteiger partial charge in [0.05, 0.1) is 10.9 Å². The SMILES string of the molecule is NC(CC(=O)O)c1c(F)cc2c(c1Br)OCCO2. The third-order valence-corrected chi connectivity index (χ3v) is 3.31. The summed E-state index contributed by atoms with van der Waals surface area (Å²) in [6, 6.07) is 0.212. The Hall–Kier alpha value is -1.34. The van der Waals surface area contributed by atoms with Gasteiger partial charge in [0, 0.05) is 17.7 Å². The van der Waals surface area contributed by atoms with E-state index in [-0.39, 0.29) is 17.7 Å². The molecule has 0 aliphatic carbocycles. The fourth-order valence-electron chi connectivity index (χ4n) is 1.76. The van der Waals surface area contributed by atoms with Crippen molar-refractivity contribution in [1.82, 2.24) is 0 Å². The highest BCUT2D eigenvalue weighted by Crippen LogP contribution is 2.43. The minimum atomic E-state index is -1.09. The Morgan fingerprint density at radius 1 is 1.56 bits per heavy atom. The normalized spacial score (nSPS) is 15.3. The minimum Gasteiger partial charge on any atom is -0.486 e. The van der Waals surface area contributed by atoms with Gasteiger partial charge >= 0.3 is 5.97 Å². The molecule has 2 rings (SSSR count). The number of ether oxygens (including phenoxy) is 2. The summed E-state index contributed by atoms with van der Waals surface area (Å²) < 4.78 is 24.8. The van der Waals surface area contributed by atoms with E-state index in [0.717, 1.165) is 6.07 Å². The molecule has 5 nitrogen and oxygen atoms in total. The molecule has 0 aromatic heterocycles. The zero-order chi connectivity index (χ0) is 13.3. The first-order chi connectivity index (χ1) is 8.50. The van der Waals surface area contributed by atoms with Crippen LogP contribution in [0.4, 0.5) is 4.39 Å². The van der Waals surface area contributed by atoms with E-state index in [1.54, 1.807) is 0 Å². The summed E-state index contributed by atoms with van der Waals surface area (Å²) in [5, 5.41) is 8.69. The van der Waals surface area contributed by atoms with Gasteiger partial charge in [0.15, 0.2) is 11.5 Å². The number of aliphatic carboxylic acids is 1. The van der Waals surface area contributed by atoms with E-state index >= 15 is 0 Å². The molecule has 98 valence electrons. The topological polar surface area (TPSA) is 81.8 Å². The minimum absolute atomic E-state index is 0.0849. The molecular formula is C11H11BrFNO4. The van der Waals surface area contributed by atoms with Crippen LogP contribution in [0.5, 0.6) is 11.5 Å². The van der Waals surface area contributed by atoms with Crippen LogP contribution < -0.4 is 15.2 Å². The molecule has 1 aliphatic heterocycles. The number of carboxylic acids is 1. The lowest BCUT2D eigenvalue weighted by Crippen LogP contribution is -2.20. The summed E-state index contributed by atoms with van der Waals surface area (Å²) in [5.74, 6) is -1.06. The number of hydrogen-bond acceptors (Lipinski definition) is 4. The van der Waals surface area contributed by atoms with Crippen LogP contribution in [-0.4, -0.2) is 24.3 Å². The van der Waals surface area contributed by atoms with Crippen molar-refractivity contribution in [2.24, 2.45) is 5.73 Å². The van der Waals surface area contributed by atoms with E-state index in [0.29, 0.717) is 23.4 Å². The van der Waals surface area contributed by atoms with Gasteiger partial charge in [0.2, 0.25) is 0 Å². The summed E-state index contributed by atoms with van der Waals surface area (Å²) in [5.41, 5.74) is 5.77. The maximum Gasteiger partial charge on any atom is 0.305 e. The molecule has 0 saturated carbocycles. The molecule has 1 aromatic rings. The zero-order valence-electron chi connectivity index (χ0n) is 9.28.